The molecule has 0 spiro atoms. The number of rotatable bonds is 7. The van der Waals surface area contributed by atoms with E-state index in [1.165, 1.54) is 18.3 Å². The topological polar surface area (TPSA) is 89.6 Å². The molecule has 3 N–H and O–H groups in total. The average molecular weight is 398 g/mol. The van der Waals surface area contributed by atoms with Crippen LogP contribution in [0.3, 0.4) is 0 Å². The number of nitrogens with two attached hydrogens (primary N) is 1. The van der Waals surface area contributed by atoms with Gasteiger partial charge < -0.3 is 10.5 Å². The number of benzene rings is 2. The van der Waals surface area contributed by atoms with Gasteiger partial charge in [-0.15, -0.1) is 0 Å². The molecule has 3 aromatic rings. The highest BCUT2D eigenvalue weighted by molar-refractivity contribution is 7.17. The molecule has 0 fully saturated rings. The smallest absolute Gasteiger partial charge is 0.283 e. The minimum atomic E-state index is -0.355. The highest BCUT2D eigenvalue weighted by Crippen LogP contribution is 2.21. The molecule has 0 saturated heterocycles. The van der Waals surface area contributed by atoms with Gasteiger partial charge in [0.2, 0.25) is 0 Å². The first-order valence-electron chi connectivity index (χ1n) is 8.61. The van der Waals surface area contributed by atoms with Crippen molar-refractivity contribution >= 4 is 28.6 Å². The summed E-state index contributed by atoms with van der Waals surface area (Å²) in [6.07, 6.45) is 2.12. The van der Waals surface area contributed by atoms with E-state index in [1.54, 1.807) is 18.2 Å². The van der Waals surface area contributed by atoms with Gasteiger partial charge in [0.25, 0.3) is 5.91 Å². The van der Waals surface area contributed by atoms with E-state index in [2.05, 4.69) is 15.5 Å². The van der Waals surface area contributed by atoms with Gasteiger partial charge in [0.1, 0.15) is 23.1 Å². The lowest BCUT2D eigenvalue weighted by molar-refractivity contribution is 0.0958. The summed E-state index contributed by atoms with van der Waals surface area (Å²) < 4.78 is 18.8. The summed E-state index contributed by atoms with van der Waals surface area (Å²) >= 11 is 1.13. The van der Waals surface area contributed by atoms with Gasteiger partial charge in [-0.3, -0.25) is 4.79 Å². The standard InChI is InChI=1S/C20H19FN4O2S/c1-2-16-18(28-20(22)24-16)19(26)25-23-11-14-5-3-4-6-17(14)27-12-13-7-9-15(21)10-8-13/h3-11H,2,12H2,1H3,(H2,22,24)(H,25,26)/b23-11+. The van der Waals surface area contributed by atoms with Gasteiger partial charge in [-0.05, 0) is 36.2 Å². The Labute approximate surface area is 165 Å². The predicted molar refractivity (Wildman–Crippen MR) is 108 cm³/mol. The number of carbonyl (C=O) groups excluding carboxylic acids is 1. The number of hydrogen-bond acceptors (Lipinski definition) is 6. The maximum absolute atomic E-state index is 13.0. The van der Waals surface area contributed by atoms with Crippen molar-refractivity contribution in [3.8, 4) is 5.75 Å². The number of thiazole rings is 1. The van der Waals surface area contributed by atoms with Crippen molar-refractivity contribution in [2.75, 3.05) is 5.73 Å². The van der Waals surface area contributed by atoms with Crippen molar-refractivity contribution in [2.24, 2.45) is 5.10 Å². The zero-order chi connectivity index (χ0) is 19.9. The Kier molecular flexibility index (Phi) is 6.33. The Morgan fingerprint density at radius 1 is 1.29 bits per heavy atom. The van der Waals surface area contributed by atoms with Gasteiger partial charge in [-0.1, -0.05) is 42.5 Å². The molecule has 8 heteroatoms. The molecule has 0 saturated carbocycles. The van der Waals surface area contributed by atoms with Crippen LogP contribution in [0.1, 0.15) is 33.4 Å². The molecule has 0 aliphatic heterocycles. The number of carbonyl (C=O) groups is 1. The third kappa shape index (κ3) is 4.92. The van der Waals surface area contributed by atoms with E-state index >= 15 is 0 Å². The first kappa shape index (κ1) is 19.5. The number of halogens is 1. The SMILES string of the molecule is CCc1nc(N)sc1C(=O)N/N=C/c1ccccc1OCc1ccc(F)cc1. The molecular formula is C20H19FN4O2S. The average Bonchev–Trinajstić information content (AvgIpc) is 3.09. The van der Waals surface area contributed by atoms with Gasteiger partial charge in [0.05, 0.1) is 11.9 Å². The fourth-order valence-electron chi connectivity index (χ4n) is 2.46. The van der Waals surface area contributed by atoms with Crippen LogP contribution in [-0.4, -0.2) is 17.1 Å². The van der Waals surface area contributed by atoms with Crippen molar-refractivity contribution in [2.45, 2.75) is 20.0 Å². The summed E-state index contributed by atoms with van der Waals surface area (Å²) in [7, 11) is 0. The quantitative estimate of drug-likeness (QED) is 0.468. The van der Waals surface area contributed by atoms with E-state index in [4.69, 9.17) is 10.5 Å². The first-order chi connectivity index (χ1) is 13.6. The molecule has 1 amide bonds. The normalized spacial score (nSPS) is 10.9. The number of nitrogens with one attached hydrogen (secondary N) is 1. The Morgan fingerprint density at radius 2 is 2.04 bits per heavy atom. The number of hydrogen-bond donors (Lipinski definition) is 2. The van der Waals surface area contributed by atoms with E-state index in [1.807, 2.05) is 25.1 Å². The number of hydrazone groups is 1. The fraction of sp³-hybridized carbons (Fsp3) is 0.150. The molecule has 0 unspecified atom stereocenters. The summed E-state index contributed by atoms with van der Waals surface area (Å²) in [5.74, 6) is -0.0472. The monoisotopic (exact) mass is 398 g/mol. The van der Waals surface area contributed by atoms with Crippen LogP contribution < -0.4 is 15.9 Å². The van der Waals surface area contributed by atoms with Gasteiger partial charge in [-0.2, -0.15) is 5.10 Å². The van der Waals surface area contributed by atoms with Crippen LogP contribution >= 0.6 is 11.3 Å². The van der Waals surface area contributed by atoms with Crippen molar-refractivity contribution in [3.05, 3.63) is 76.0 Å². The van der Waals surface area contributed by atoms with Crippen LogP contribution in [0.25, 0.3) is 0 Å². The van der Waals surface area contributed by atoms with E-state index in [0.29, 0.717) is 33.4 Å². The minimum Gasteiger partial charge on any atom is -0.488 e. The molecule has 0 atom stereocenters. The van der Waals surface area contributed by atoms with Gasteiger partial charge in [0.15, 0.2) is 5.13 Å². The van der Waals surface area contributed by atoms with E-state index in [9.17, 15) is 9.18 Å². The molecule has 0 radical (unpaired) electrons. The van der Waals surface area contributed by atoms with Gasteiger partial charge in [0, 0.05) is 5.56 Å². The number of aryl methyl sites for hydroxylation is 1. The van der Waals surface area contributed by atoms with Crippen LogP contribution in [0.5, 0.6) is 5.75 Å². The van der Waals surface area contributed by atoms with E-state index < -0.39 is 0 Å². The number of para-hydroxylation sites is 1. The van der Waals surface area contributed by atoms with Crippen LogP contribution in [-0.2, 0) is 13.0 Å². The first-order valence-corrected chi connectivity index (χ1v) is 9.43. The molecule has 2 aromatic carbocycles. The summed E-state index contributed by atoms with van der Waals surface area (Å²) in [5, 5.41) is 4.37. The summed E-state index contributed by atoms with van der Waals surface area (Å²) in [4.78, 5) is 16.9. The lowest BCUT2D eigenvalue weighted by atomic mass is 10.2. The fourth-order valence-corrected chi connectivity index (χ4v) is 3.27. The second-order valence-electron chi connectivity index (χ2n) is 5.83. The molecule has 144 valence electrons. The zero-order valence-corrected chi connectivity index (χ0v) is 16.0. The minimum absolute atomic E-state index is 0.289. The van der Waals surface area contributed by atoms with Crippen molar-refractivity contribution in [1.82, 2.24) is 10.4 Å². The number of ether oxygens (including phenoxy) is 1. The van der Waals surface area contributed by atoms with Crippen LogP contribution in [0.15, 0.2) is 53.6 Å². The Hall–Kier alpha value is -3.26. The van der Waals surface area contributed by atoms with Crippen molar-refractivity contribution in [1.29, 1.82) is 0 Å². The van der Waals surface area contributed by atoms with Crippen molar-refractivity contribution < 1.29 is 13.9 Å². The van der Waals surface area contributed by atoms with Gasteiger partial charge >= 0.3 is 0 Å². The molecule has 0 aliphatic rings. The predicted octanol–water partition coefficient (Wildman–Crippen LogP) is 3.77. The number of nitrogens with zero attached hydrogens (tertiary/aromatic N) is 2. The second kappa shape index (κ2) is 9.09. The molecule has 6 nitrogen and oxygen atoms in total. The van der Waals surface area contributed by atoms with Crippen molar-refractivity contribution in [3.63, 3.8) is 0 Å². The van der Waals surface area contributed by atoms with E-state index in [0.717, 1.165) is 16.9 Å². The number of aromatic nitrogens is 1. The molecule has 0 bridgehead atoms. The molecule has 1 heterocycles. The number of anilines is 1. The third-order valence-electron chi connectivity index (χ3n) is 3.85. The Morgan fingerprint density at radius 3 is 2.79 bits per heavy atom. The summed E-state index contributed by atoms with van der Waals surface area (Å²) in [5.41, 5.74) is 10.4. The van der Waals surface area contributed by atoms with Crippen LogP contribution in [0.4, 0.5) is 9.52 Å². The third-order valence-corrected chi connectivity index (χ3v) is 4.78. The molecule has 3 rings (SSSR count). The maximum atomic E-state index is 13.0. The van der Waals surface area contributed by atoms with Gasteiger partial charge in [-0.25, -0.2) is 14.8 Å². The Balaban J connectivity index is 1.65. The highest BCUT2D eigenvalue weighted by atomic mass is 32.1. The van der Waals surface area contributed by atoms with Crippen LogP contribution in [0, 0.1) is 5.82 Å². The number of nitrogen functional groups attached to an aromatic ring is 1. The maximum Gasteiger partial charge on any atom is 0.283 e. The van der Waals surface area contributed by atoms with Crippen LogP contribution in [0.2, 0.25) is 0 Å². The zero-order valence-electron chi connectivity index (χ0n) is 15.2. The number of amides is 1. The lowest BCUT2D eigenvalue weighted by Crippen LogP contribution is -2.17. The highest BCUT2D eigenvalue weighted by Gasteiger charge is 2.15. The Bertz CT molecular complexity index is 986. The van der Waals surface area contributed by atoms with E-state index in [-0.39, 0.29) is 18.3 Å². The second-order valence-corrected chi connectivity index (χ2v) is 6.86. The molecule has 28 heavy (non-hydrogen) atoms. The molecule has 0 aliphatic carbocycles. The summed E-state index contributed by atoms with van der Waals surface area (Å²) in [6.45, 7) is 2.20. The largest absolute Gasteiger partial charge is 0.488 e. The molecular weight excluding hydrogens is 379 g/mol. The molecule has 1 aromatic heterocycles. The lowest BCUT2D eigenvalue weighted by Gasteiger charge is -2.09. The summed E-state index contributed by atoms with van der Waals surface area (Å²) in [6, 6.07) is 13.4.